The molecule has 1 N–H and O–H groups in total. The molecule has 0 aliphatic carbocycles. The van der Waals surface area contributed by atoms with Crippen LogP contribution < -0.4 is 10.1 Å². The van der Waals surface area contributed by atoms with Gasteiger partial charge in [0.25, 0.3) is 5.69 Å². The Hall–Kier alpha value is -1.33. The number of benzene rings is 1. The van der Waals surface area contributed by atoms with Crippen LogP contribution in [0.4, 0.5) is 5.69 Å². The Morgan fingerprint density at radius 3 is 3.00 bits per heavy atom. The Balaban J connectivity index is 2.13. The lowest BCUT2D eigenvalue weighted by Gasteiger charge is -2.24. The van der Waals surface area contributed by atoms with Crippen molar-refractivity contribution < 1.29 is 9.66 Å². The molecule has 0 bridgehead atoms. The molecular formula is C11H13ClN2O3. The lowest BCUT2D eigenvalue weighted by Crippen LogP contribution is -2.37. The van der Waals surface area contributed by atoms with Crippen molar-refractivity contribution in [1.29, 1.82) is 0 Å². The highest BCUT2D eigenvalue weighted by atomic mass is 35.5. The molecule has 1 unspecified atom stereocenters. The summed E-state index contributed by atoms with van der Waals surface area (Å²) in [5, 5.41) is 14.3. The van der Waals surface area contributed by atoms with Crippen LogP contribution in [0.2, 0.25) is 5.02 Å². The van der Waals surface area contributed by atoms with Gasteiger partial charge in [-0.3, -0.25) is 10.1 Å². The first kappa shape index (κ1) is 12.1. The van der Waals surface area contributed by atoms with Crippen LogP contribution in [0.1, 0.15) is 12.8 Å². The third-order valence-corrected chi connectivity index (χ3v) is 2.98. The van der Waals surface area contributed by atoms with E-state index in [9.17, 15) is 10.1 Å². The number of non-ortho nitro benzene ring substituents is 1. The number of nitrogens with one attached hydrogen (secondary N) is 1. The molecule has 1 aromatic carbocycles. The van der Waals surface area contributed by atoms with Crippen LogP contribution in [0.25, 0.3) is 0 Å². The van der Waals surface area contributed by atoms with Crippen LogP contribution in [0.15, 0.2) is 18.2 Å². The number of hydrogen-bond acceptors (Lipinski definition) is 4. The molecule has 17 heavy (non-hydrogen) atoms. The molecule has 2 rings (SSSR count). The second kappa shape index (κ2) is 5.33. The zero-order valence-electron chi connectivity index (χ0n) is 9.19. The normalized spacial score (nSPS) is 19.9. The SMILES string of the molecule is O=[N+]([O-])c1ccc(Cl)c(OC2CCCNC2)c1. The summed E-state index contributed by atoms with van der Waals surface area (Å²) in [7, 11) is 0. The summed E-state index contributed by atoms with van der Waals surface area (Å²) in [5.41, 5.74) is -0.00633. The van der Waals surface area contributed by atoms with E-state index in [1.54, 1.807) is 0 Å². The molecule has 1 aliphatic rings. The first-order valence-electron chi connectivity index (χ1n) is 5.48. The maximum absolute atomic E-state index is 10.7. The summed E-state index contributed by atoms with van der Waals surface area (Å²) < 4.78 is 5.68. The minimum atomic E-state index is -0.456. The van der Waals surface area contributed by atoms with Gasteiger partial charge in [-0.1, -0.05) is 11.6 Å². The van der Waals surface area contributed by atoms with Crippen LogP contribution in [0, 0.1) is 10.1 Å². The highest BCUT2D eigenvalue weighted by molar-refractivity contribution is 6.32. The Labute approximate surface area is 104 Å². The monoisotopic (exact) mass is 256 g/mol. The van der Waals surface area contributed by atoms with Crippen LogP contribution in [0.5, 0.6) is 5.75 Å². The first-order valence-corrected chi connectivity index (χ1v) is 5.86. The van der Waals surface area contributed by atoms with Gasteiger partial charge in [0.15, 0.2) is 0 Å². The van der Waals surface area contributed by atoms with Crippen molar-refractivity contribution in [1.82, 2.24) is 5.32 Å². The zero-order valence-corrected chi connectivity index (χ0v) is 9.94. The van der Waals surface area contributed by atoms with Gasteiger partial charge in [-0.2, -0.15) is 0 Å². The number of ether oxygens (including phenoxy) is 1. The van der Waals surface area contributed by atoms with Gasteiger partial charge in [0.2, 0.25) is 0 Å². The summed E-state index contributed by atoms with van der Waals surface area (Å²) in [6.07, 6.45) is 2.01. The van der Waals surface area contributed by atoms with Crippen LogP contribution in [0.3, 0.4) is 0 Å². The first-order chi connectivity index (χ1) is 8.16. The average Bonchev–Trinajstić information content (AvgIpc) is 2.33. The molecule has 1 aromatic rings. The minimum Gasteiger partial charge on any atom is -0.487 e. The van der Waals surface area contributed by atoms with Crippen molar-refractivity contribution in [3.63, 3.8) is 0 Å². The van der Waals surface area contributed by atoms with E-state index in [2.05, 4.69) is 5.32 Å². The minimum absolute atomic E-state index is 0.00633. The number of rotatable bonds is 3. The largest absolute Gasteiger partial charge is 0.487 e. The van der Waals surface area contributed by atoms with E-state index in [-0.39, 0.29) is 11.8 Å². The number of piperidine rings is 1. The number of halogens is 1. The summed E-state index contributed by atoms with van der Waals surface area (Å²) in [4.78, 5) is 10.2. The smallest absolute Gasteiger partial charge is 0.273 e. The van der Waals surface area contributed by atoms with Gasteiger partial charge < -0.3 is 10.1 Å². The van der Waals surface area contributed by atoms with Crippen molar-refractivity contribution in [3.8, 4) is 5.75 Å². The zero-order chi connectivity index (χ0) is 12.3. The van der Waals surface area contributed by atoms with Gasteiger partial charge in [0.1, 0.15) is 11.9 Å². The van der Waals surface area contributed by atoms with Gasteiger partial charge >= 0.3 is 0 Å². The predicted octanol–water partition coefficient (Wildman–Crippen LogP) is 2.38. The summed E-state index contributed by atoms with van der Waals surface area (Å²) >= 11 is 5.95. The quantitative estimate of drug-likeness (QED) is 0.666. The fraction of sp³-hybridized carbons (Fsp3) is 0.455. The topological polar surface area (TPSA) is 64.4 Å². The molecule has 92 valence electrons. The molecule has 1 atom stereocenters. The molecule has 0 aromatic heterocycles. The lowest BCUT2D eigenvalue weighted by atomic mass is 10.1. The van der Waals surface area contributed by atoms with Gasteiger partial charge in [-0.25, -0.2) is 0 Å². The molecule has 6 heteroatoms. The second-order valence-corrected chi connectivity index (χ2v) is 4.37. The van der Waals surface area contributed by atoms with E-state index < -0.39 is 4.92 Å². The van der Waals surface area contributed by atoms with Crippen molar-refractivity contribution in [2.75, 3.05) is 13.1 Å². The van der Waals surface area contributed by atoms with Crippen molar-refractivity contribution in [2.24, 2.45) is 0 Å². The summed E-state index contributed by atoms with van der Waals surface area (Å²) in [6.45, 7) is 1.74. The van der Waals surface area contributed by atoms with Crippen molar-refractivity contribution in [2.45, 2.75) is 18.9 Å². The maximum atomic E-state index is 10.7. The summed E-state index contributed by atoms with van der Waals surface area (Å²) in [5.74, 6) is 0.384. The van der Waals surface area contributed by atoms with Crippen molar-refractivity contribution in [3.05, 3.63) is 33.3 Å². The van der Waals surface area contributed by atoms with E-state index in [0.717, 1.165) is 25.9 Å². The van der Waals surface area contributed by atoms with E-state index in [1.807, 2.05) is 0 Å². The van der Waals surface area contributed by atoms with E-state index in [0.29, 0.717) is 10.8 Å². The van der Waals surface area contributed by atoms with Crippen LogP contribution >= 0.6 is 11.6 Å². The Morgan fingerprint density at radius 2 is 2.35 bits per heavy atom. The van der Waals surface area contributed by atoms with E-state index >= 15 is 0 Å². The van der Waals surface area contributed by atoms with Crippen LogP contribution in [-0.4, -0.2) is 24.1 Å². The molecule has 0 radical (unpaired) electrons. The van der Waals surface area contributed by atoms with Crippen molar-refractivity contribution >= 4 is 17.3 Å². The molecular weight excluding hydrogens is 244 g/mol. The molecule has 0 amide bonds. The van der Waals surface area contributed by atoms with E-state index in [1.165, 1.54) is 18.2 Å². The Morgan fingerprint density at radius 1 is 1.53 bits per heavy atom. The molecule has 0 spiro atoms. The van der Waals surface area contributed by atoms with E-state index in [4.69, 9.17) is 16.3 Å². The Bertz CT molecular complexity index is 419. The molecule has 0 saturated carbocycles. The third kappa shape index (κ3) is 3.08. The molecule has 1 saturated heterocycles. The maximum Gasteiger partial charge on any atom is 0.273 e. The van der Waals surface area contributed by atoms with Gasteiger partial charge in [-0.05, 0) is 25.5 Å². The highest BCUT2D eigenvalue weighted by Gasteiger charge is 2.17. The summed E-state index contributed by atoms with van der Waals surface area (Å²) in [6, 6.07) is 4.23. The fourth-order valence-electron chi connectivity index (χ4n) is 1.80. The predicted molar refractivity (Wildman–Crippen MR) is 64.6 cm³/mol. The van der Waals surface area contributed by atoms with Gasteiger partial charge in [0.05, 0.1) is 16.0 Å². The molecule has 1 heterocycles. The molecule has 1 aliphatic heterocycles. The number of nitro groups is 1. The van der Waals surface area contributed by atoms with Gasteiger partial charge in [-0.15, -0.1) is 0 Å². The van der Waals surface area contributed by atoms with Gasteiger partial charge in [0, 0.05) is 12.6 Å². The Kier molecular flexibility index (Phi) is 3.81. The number of nitrogens with zero attached hydrogens (tertiary/aromatic N) is 1. The average molecular weight is 257 g/mol. The standard InChI is InChI=1S/C11H13ClN2O3/c12-10-4-3-8(14(15)16)6-11(10)17-9-2-1-5-13-7-9/h3-4,6,9,13H,1-2,5,7H2. The highest BCUT2D eigenvalue weighted by Crippen LogP contribution is 2.30. The second-order valence-electron chi connectivity index (χ2n) is 3.96. The number of hydrogen-bond donors (Lipinski definition) is 1. The molecule has 1 fully saturated rings. The fourth-order valence-corrected chi connectivity index (χ4v) is 1.96. The lowest BCUT2D eigenvalue weighted by molar-refractivity contribution is -0.384. The third-order valence-electron chi connectivity index (χ3n) is 2.67. The number of nitro benzene ring substituents is 1. The molecule has 5 nitrogen and oxygen atoms in total. The van der Waals surface area contributed by atoms with Crippen LogP contribution in [-0.2, 0) is 0 Å².